The van der Waals surface area contributed by atoms with Gasteiger partial charge in [-0.3, -0.25) is 0 Å². The van der Waals surface area contributed by atoms with E-state index in [1.165, 1.54) is 12.5 Å². The van der Waals surface area contributed by atoms with Crippen LogP contribution in [0.1, 0.15) is 15.9 Å². The van der Waals surface area contributed by atoms with Crippen LogP contribution >= 0.6 is 0 Å². The number of likely N-dealkylation sites (N-methyl/N-ethyl adjacent to an activating group) is 1. The molecule has 0 atom stereocenters. The molecule has 114 valence electrons. The first-order valence-electron chi connectivity index (χ1n) is 7.13. The second-order valence-corrected chi connectivity index (χ2v) is 5.45. The van der Waals surface area contributed by atoms with Crippen molar-refractivity contribution in [2.24, 2.45) is 0 Å². The maximum absolute atomic E-state index is 12.1. The van der Waals surface area contributed by atoms with Crippen molar-refractivity contribution < 1.29 is 13.9 Å². The quantitative estimate of drug-likeness (QED) is 0.581. The molecule has 1 N–H and O–H groups in total. The number of H-pyrrole nitrogens is 1. The van der Waals surface area contributed by atoms with Gasteiger partial charge >= 0.3 is 5.97 Å². The molecule has 0 aliphatic heterocycles. The standard InChI is InChI=1S/C17H18N2O3/c1-19(2)8-6-12-10-18-14-4-3-5-15(16(12)14)22-17(20)13-7-9-21-11-13/h3-5,7,9-11,18H,6,8H2,1-2H3. The summed E-state index contributed by atoms with van der Waals surface area (Å²) in [6.45, 7) is 0.928. The van der Waals surface area contributed by atoms with E-state index in [2.05, 4.69) is 9.88 Å². The van der Waals surface area contributed by atoms with Gasteiger partial charge in [-0.1, -0.05) is 6.07 Å². The zero-order chi connectivity index (χ0) is 15.5. The molecule has 5 nitrogen and oxygen atoms in total. The molecule has 0 fully saturated rings. The number of hydrogen-bond acceptors (Lipinski definition) is 4. The third-order valence-corrected chi connectivity index (χ3v) is 3.54. The molecule has 2 aromatic heterocycles. The fourth-order valence-corrected chi connectivity index (χ4v) is 2.39. The third kappa shape index (κ3) is 2.89. The van der Waals surface area contributed by atoms with Crippen molar-refractivity contribution in [2.45, 2.75) is 6.42 Å². The first-order valence-corrected chi connectivity index (χ1v) is 7.13. The number of carbonyl (C=O) groups is 1. The minimum absolute atomic E-state index is 0.405. The van der Waals surface area contributed by atoms with Crippen molar-refractivity contribution in [3.05, 3.63) is 54.1 Å². The molecule has 1 aromatic carbocycles. The second kappa shape index (κ2) is 6.07. The van der Waals surface area contributed by atoms with Gasteiger partial charge < -0.3 is 19.0 Å². The number of benzene rings is 1. The molecule has 22 heavy (non-hydrogen) atoms. The molecule has 0 bridgehead atoms. The summed E-state index contributed by atoms with van der Waals surface area (Å²) in [7, 11) is 4.07. The summed E-state index contributed by atoms with van der Waals surface area (Å²) in [5.74, 6) is 0.153. The number of aromatic amines is 1. The number of nitrogens with one attached hydrogen (secondary N) is 1. The van der Waals surface area contributed by atoms with E-state index in [-0.39, 0.29) is 0 Å². The normalized spacial score (nSPS) is 11.2. The van der Waals surface area contributed by atoms with Crippen molar-refractivity contribution in [3.63, 3.8) is 0 Å². The molecule has 0 amide bonds. The van der Waals surface area contributed by atoms with Crippen molar-refractivity contribution in [1.82, 2.24) is 9.88 Å². The SMILES string of the molecule is CN(C)CCc1c[nH]c2cccc(OC(=O)c3ccoc3)c12. The van der Waals surface area contributed by atoms with Crippen LogP contribution in [0.4, 0.5) is 0 Å². The molecule has 5 heteroatoms. The highest BCUT2D eigenvalue weighted by Crippen LogP contribution is 2.29. The molecule has 0 aliphatic rings. The predicted molar refractivity (Wildman–Crippen MR) is 84.2 cm³/mol. The fraction of sp³-hybridized carbons (Fsp3) is 0.235. The zero-order valence-corrected chi connectivity index (χ0v) is 12.6. The lowest BCUT2D eigenvalue weighted by Crippen LogP contribution is -2.15. The molecule has 0 aliphatic carbocycles. The maximum atomic E-state index is 12.1. The number of furan rings is 1. The zero-order valence-electron chi connectivity index (χ0n) is 12.6. The molecule has 0 saturated carbocycles. The van der Waals surface area contributed by atoms with Crippen molar-refractivity contribution in [3.8, 4) is 5.75 Å². The van der Waals surface area contributed by atoms with Gasteiger partial charge in [0.1, 0.15) is 12.0 Å². The van der Waals surface area contributed by atoms with E-state index in [1.807, 2.05) is 38.5 Å². The van der Waals surface area contributed by atoms with E-state index in [1.54, 1.807) is 6.07 Å². The molecule has 3 aromatic rings. The number of ether oxygens (including phenoxy) is 1. The molecule has 3 rings (SSSR count). The number of hydrogen-bond donors (Lipinski definition) is 1. The highest BCUT2D eigenvalue weighted by atomic mass is 16.5. The van der Waals surface area contributed by atoms with Crippen LogP contribution in [0.2, 0.25) is 0 Å². The van der Waals surface area contributed by atoms with E-state index >= 15 is 0 Å². The Morgan fingerprint density at radius 2 is 2.18 bits per heavy atom. The minimum Gasteiger partial charge on any atom is -0.472 e. The lowest BCUT2D eigenvalue weighted by molar-refractivity contribution is 0.0736. The lowest BCUT2D eigenvalue weighted by Gasteiger charge is -2.10. The number of carbonyl (C=O) groups excluding carboxylic acids is 1. The van der Waals surface area contributed by atoms with E-state index in [4.69, 9.17) is 9.15 Å². The van der Waals surface area contributed by atoms with Gasteiger partial charge in [-0.2, -0.15) is 0 Å². The Kier molecular flexibility index (Phi) is 3.98. The number of fused-ring (bicyclic) bond motifs is 1. The summed E-state index contributed by atoms with van der Waals surface area (Å²) in [5, 5.41) is 0.959. The molecule has 2 heterocycles. The second-order valence-electron chi connectivity index (χ2n) is 5.45. The van der Waals surface area contributed by atoms with Gasteiger partial charge in [-0.05, 0) is 44.3 Å². The van der Waals surface area contributed by atoms with Crippen LogP contribution in [0.3, 0.4) is 0 Å². The summed E-state index contributed by atoms with van der Waals surface area (Å²) in [5.41, 5.74) is 2.51. The van der Waals surface area contributed by atoms with Crippen molar-refractivity contribution in [1.29, 1.82) is 0 Å². The third-order valence-electron chi connectivity index (χ3n) is 3.54. The van der Waals surface area contributed by atoms with Crippen LogP contribution in [0, 0.1) is 0 Å². The Bertz CT molecular complexity index is 772. The average Bonchev–Trinajstić information content (AvgIpc) is 3.15. The van der Waals surface area contributed by atoms with Crippen LogP contribution in [0.5, 0.6) is 5.75 Å². The van der Waals surface area contributed by atoms with Gasteiger partial charge in [0.25, 0.3) is 0 Å². The predicted octanol–water partition coefficient (Wildman–Crippen LogP) is 3.08. The van der Waals surface area contributed by atoms with Crippen LogP contribution in [0.25, 0.3) is 10.9 Å². The summed E-state index contributed by atoms with van der Waals surface area (Å²) in [6.07, 6.45) is 5.69. The highest BCUT2D eigenvalue weighted by molar-refractivity contribution is 5.95. The maximum Gasteiger partial charge on any atom is 0.346 e. The molecule has 0 unspecified atom stereocenters. The monoisotopic (exact) mass is 298 g/mol. The van der Waals surface area contributed by atoms with Crippen molar-refractivity contribution >= 4 is 16.9 Å². The summed E-state index contributed by atoms with van der Waals surface area (Å²) >= 11 is 0. The van der Waals surface area contributed by atoms with Crippen LogP contribution in [-0.2, 0) is 6.42 Å². The Morgan fingerprint density at radius 1 is 1.32 bits per heavy atom. The average molecular weight is 298 g/mol. The number of nitrogens with zero attached hydrogens (tertiary/aromatic N) is 1. The summed E-state index contributed by atoms with van der Waals surface area (Å²) < 4.78 is 10.5. The van der Waals surface area contributed by atoms with Crippen LogP contribution in [-0.4, -0.2) is 36.5 Å². The first kappa shape index (κ1) is 14.4. The summed E-state index contributed by atoms with van der Waals surface area (Å²) in [4.78, 5) is 17.5. The molecular weight excluding hydrogens is 280 g/mol. The Hall–Kier alpha value is -2.53. The van der Waals surface area contributed by atoms with Gasteiger partial charge in [0.2, 0.25) is 0 Å². The topological polar surface area (TPSA) is 58.5 Å². The summed E-state index contributed by atoms with van der Waals surface area (Å²) in [6, 6.07) is 7.25. The van der Waals surface area contributed by atoms with E-state index in [0.29, 0.717) is 11.3 Å². The Morgan fingerprint density at radius 3 is 2.91 bits per heavy atom. The fourth-order valence-electron chi connectivity index (χ4n) is 2.39. The molecule has 0 radical (unpaired) electrons. The van der Waals surface area contributed by atoms with Gasteiger partial charge in [-0.25, -0.2) is 4.79 Å². The van der Waals surface area contributed by atoms with Crippen LogP contribution < -0.4 is 4.74 Å². The van der Waals surface area contributed by atoms with Gasteiger partial charge in [-0.15, -0.1) is 0 Å². The number of rotatable bonds is 5. The van der Waals surface area contributed by atoms with Crippen LogP contribution in [0.15, 0.2) is 47.4 Å². The van der Waals surface area contributed by atoms with E-state index in [0.717, 1.165) is 29.4 Å². The number of aromatic nitrogens is 1. The largest absolute Gasteiger partial charge is 0.472 e. The smallest absolute Gasteiger partial charge is 0.346 e. The molecule has 0 saturated heterocycles. The van der Waals surface area contributed by atoms with Gasteiger partial charge in [0.05, 0.1) is 11.8 Å². The Labute approximate surface area is 128 Å². The molecular formula is C17H18N2O3. The van der Waals surface area contributed by atoms with Gasteiger partial charge in [0, 0.05) is 23.6 Å². The lowest BCUT2D eigenvalue weighted by atomic mass is 10.1. The molecule has 0 spiro atoms. The van der Waals surface area contributed by atoms with Crippen molar-refractivity contribution in [2.75, 3.05) is 20.6 Å². The number of esters is 1. The highest BCUT2D eigenvalue weighted by Gasteiger charge is 2.15. The minimum atomic E-state index is -0.416. The first-order chi connectivity index (χ1) is 10.6. The van der Waals surface area contributed by atoms with E-state index < -0.39 is 5.97 Å². The Balaban J connectivity index is 1.91. The van der Waals surface area contributed by atoms with E-state index in [9.17, 15) is 4.79 Å². The van der Waals surface area contributed by atoms with Gasteiger partial charge in [0.15, 0.2) is 0 Å².